The largest absolute Gasteiger partial charge is 0.513 e. The van der Waals surface area contributed by atoms with Crippen LogP contribution in [0.5, 0.6) is 5.75 Å². The maximum absolute atomic E-state index is 14.7. The van der Waals surface area contributed by atoms with Crippen molar-refractivity contribution in [2.75, 3.05) is 11.4 Å². The number of thiazole rings is 1. The van der Waals surface area contributed by atoms with E-state index in [1.54, 1.807) is 17.4 Å². The summed E-state index contributed by atoms with van der Waals surface area (Å²) in [6.45, 7) is 4.05. The summed E-state index contributed by atoms with van der Waals surface area (Å²) in [7, 11) is 6.02. The van der Waals surface area contributed by atoms with Gasteiger partial charge in [0, 0.05) is 21.3 Å². The molecule has 2 aromatic carbocycles. The van der Waals surface area contributed by atoms with Gasteiger partial charge in [0.1, 0.15) is 35.1 Å². The average molecular weight is 535 g/mol. The zero-order valence-electron chi connectivity index (χ0n) is 22.1. The van der Waals surface area contributed by atoms with Gasteiger partial charge in [-0.2, -0.15) is 0 Å². The van der Waals surface area contributed by atoms with E-state index in [0.717, 1.165) is 57.4 Å². The fourth-order valence-corrected chi connectivity index (χ4v) is 5.68. The Morgan fingerprint density at radius 1 is 1.30 bits per heavy atom. The Kier molecular flexibility index (Phi) is 8.33. The molecule has 1 atom stereocenters. The molecule has 0 bridgehead atoms. The zero-order valence-corrected chi connectivity index (χ0v) is 23.6. The van der Waals surface area contributed by atoms with Crippen LogP contribution in [0.15, 0.2) is 30.3 Å². The molecule has 1 aliphatic rings. The van der Waals surface area contributed by atoms with Crippen LogP contribution >= 0.6 is 22.9 Å². The molecule has 4 nitrogen and oxygen atoms in total. The van der Waals surface area contributed by atoms with E-state index in [1.165, 1.54) is 6.07 Å². The number of benzene rings is 2. The Hall–Kier alpha value is -2.40. The highest BCUT2D eigenvalue weighted by atomic mass is 35.5. The molecule has 0 aliphatic heterocycles. The summed E-state index contributed by atoms with van der Waals surface area (Å²) in [6.07, 6.45) is 9.01. The monoisotopic (exact) mass is 534 g/mol. The van der Waals surface area contributed by atoms with E-state index in [1.807, 2.05) is 55.6 Å². The number of aryl methyl sites for hydroxylation is 2. The van der Waals surface area contributed by atoms with Crippen molar-refractivity contribution < 1.29 is 14.2 Å². The minimum Gasteiger partial charge on any atom is -0.513 e. The second kappa shape index (κ2) is 11.1. The van der Waals surface area contributed by atoms with Crippen molar-refractivity contribution in [1.82, 2.24) is 4.98 Å². The number of aliphatic hydroxyl groups excluding tert-OH is 1. The number of terminal acetylenes is 1. The molecule has 0 radical (unpaired) electrons. The lowest BCUT2D eigenvalue weighted by atomic mass is 9.52. The number of ether oxygens (including phenoxy) is 1. The van der Waals surface area contributed by atoms with Gasteiger partial charge >= 0.3 is 0 Å². The van der Waals surface area contributed by atoms with Gasteiger partial charge < -0.3 is 14.7 Å². The minimum atomic E-state index is -0.405. The normalized spacial score (nSPS) is 14.3. The third kappa shape index (κ3) is 6.55. The first-order valence-corrected chi connectivity index (χ1v) is 13.8. The van der Waals surface area contributed by atoms with Crippen LogP contribution in [0.4, 0.5) is 9.52 Å². The van der Waals surface area contributed by atoms with Gasteiger partial charge in [-0.15, -0.1) is 17.8 Å². The van der Waals surface area contributed by atoms with Crippen LogP contribution in [0.2, 0.25) is 5.02 Å². The summed E-state index contributed by atoms with van der Waals surface area (Å²) in [4.78, 5) is 8.15. The Labute approximate surface area is 230 Å². The summed E-state index contributed by atoms with van der Waals surface area (Å²) >= 11 is 8.31. The third-order valence-electron chi connectivity index (χ3n) is 6.49. The molecule has 1 saturated carbocycles. The summed E-state index contributed by atoms with van der Waals surface area (Å²) in [5, 5.41) is 10.5. The number of nitrogens with zero attached hydrogens (tertiary/aromatic N) is 2. The second-order valence-corrected chi connectivity index (χ2v) is 12.3. The topological polar surface area (TPSA) is 45.6 Å². The first-order valence-electron chi connectivity index (χ1n) is 12.6. The van der Waals surface area contributed by atoms with Gasteiger partial charge in [-0.25, -0.2) is 9.37 Å². The molecule has 4 rings (SSSR count). The SMILES string of the molecule is BC(B)(B)Oc1cc(Cl)c(-c2nc(N(CC#C)C(CC3CC3)c3ccc(CO)c(F)c3)sc2C)cc1C. The molecule has 37 heavy (non-hydrogen) atoms. The van der Waals surface area contributed by atoms with Gasteiger partial charge in [0.2, 0.25) is 0 Å². The predicted octanol–water partition coefficient (Wildman–Crippen LogP) is 3.58. The van der Waals surface area contributed by atoms with E-state index < -0.39 is 5.82 Å². The smallest absolute Gasteiger partial charge is 0.187 e. The molecule has 1 N–H and O–H groups in total. The van der Waals surface area contributed by atoms with Crippen molar-refractivity contribution >= 4 is 51.6 Å². The minimum absolute atomic E-state index is 0.121. The van der Waals surface area contributed by atoms with Crippen LogP contribution < -0.4 is 9.64 Å². The number of hydrogen-bond donors (Lipinski definition) is 1. The molecule has 0 amide bonds. The van der Waals surface area contributed by atoms with Gasteiger partial charge in [-0.1, -0.05) is 42.5 Å². The highest BCUT2D eigenvalue weighted by molar-refractivity contribution is 7.16. The fourth-order valence-electron chi connectivity index (χ4n) is 4.46. The Morgan fingerprint density at radius 3 is 2.62 bits per heavy atom. The number of aliphatic hydroxyl groups is 1. The predicted molar refractivity (Wildman–Crippen MR) is 160 cm³/mol. The first-order chi connectivity index (χ1) is 17.5. The standard InChI is InChI=1S/C27H31B3ClFN2O2S/c1-4-9-34(23(11-17-5-6-17)18-7-8-19(14-35)22(32)12-18)26-33-25(16(3)37-26)20-10-15(2)24(13-21(20)31)36-27(28,29)30/h1,7-8,10,12-13,17,23,35H,5-6,9,11,14,28-30H2,2-3H3. The molecular weight excluding hydrogens is 503 g/mol. The number of aromatic nitrogens is 1. The van der Waals surface area contributed by atoms with E-state index >= 15 is 0 Å². The van der Waals surface area contributed by atoms with Gasteiger partial charge in [0.15, 0.2) is 5.13 Å². The summed E-state index contributed by atoms with van der Waals surface area (Å²) in [5.41, 5.74) is 3.76. The first kappa shape index (κ1) is 27.6. The quantitative estimate of drug-likeness (QED) is 0.319. The number of anilines is 1. The van der Waals surface area contributed by atoms with Crippen LogP contribution in [0.1, 0.15) is 46.9 Å². The van der Waals surface area contributed by atoms with Gasteiger partial charge in [-0.3, -0.25) is 0 Å². The lowest BCUT2D eigenvalue weighted by Crippen LogP contribution is -2.37. The fraction of sp³-hybridized carbons (Fsp3) is 0.370. The van der Waals surface area contributed by atoms with Crippen molar-refractivity contribution in [1.29, 1.82) is 0 Å². The van der Waals surface area contributed by atoms with Crippen molar-refractivity contribution in [2.45, 2.75) is 51.1 Å². The molecule has 1 aliphatic carbocycles. The molecule has 1 unspecified atom stereocenters. The van der Waals surface area contributed by atoms with Crippen LogP contribution in [0, 0.1) is 37.9 Å². The van der Waals surface area contributed by atoms with E-state index in [-0.39, 0.29) is 23.5 Å². The maximum Gasteiger partial charge on any atom is 0.187 e. The average Bonchev–Trinajstić information content (AvgIpc) is 3.57. The molecule has 1 heterocycles. The molecule has 1 fully saturated rings. The number of rotatable bonds is 10. The van der Waals surface area contributed by atoms with Gasteiger partial charge in [-0.05, 0) is 55.5 Å². The van der Waals surface area contributed by atoms with E-state index in [0.29, 0.717) is 17.5 Å². The molecule has 3 aromatic rings. The maximum atomic E-state index is 14.7. The number of hydrogen-bond acceptors (Lipinski definition) is 5. The van der Waals surface area contributed by atoms with Crippen molar-refractivity contribution in [3.63, 3.8) is 0 Å². The lowest BCUT2D eigenvalue weighted by Gasteiger charge is -2.31. The van der Waals surface area contributed by atoms with Gasteiger partial charge in [0.05, 0.1) is 29.9 Å². The van der Waals surface area contributed by atoms with Crippen LogP contribution in [-0.4, -0.2) is 45.5 Å². The highest BCUT2D eigenvalue weighted by Crippen LogP contribution is 2.44. The number of halogens is 2. The molecular formula is C27H31B3ClFN2O2S. The van der Waals surface area contributed by atoms with E-state index in [2.05, 4.69) is 10.8 Å². The molecule has 1 aromatic heterocycles. The summed E-state index contributed by atoms with van der Waals surface area (Å²) < 4.78 is 20.7. The Bertz CT molecular complexity index is 1330. The van der Waals surface area contributed by atoms with Crippen LogP contribution in [-0.2, 0) is 6.61 Å². The van der Waals surface area contributed by atoms with E-state index in [4.69, 9.17) is 27.7 Å². The lowest BCUT2D eigenvalue weighted by molar-refractivity contribution is 0.275. The van der Waals surface area contributed by atoms with Crippen molar-refractivity contribution in [2.24, 2.45) is 5.92 Å². The van der Waals surface area contributed by atoms with Crippen LogP contribution in [0.25, 0.3) is 11.3 Å². The molecule has 0 spiro atoms. The molecule has 10 heteroatoms. The summed E-state index contributed by atoms with van der Waals surface area (Å²) in [6, 6.07) is 8.82. The van der Waals surface area contributed by atoms with Crippen molar-refractivity contribution in [3.05, 3.63) is 62.7 Å². The summed E-state index contributed by atoms with van der Waals surface area (Å²) in [5.74, 6) is 3.71. The Morgan fingerprint density at radius 2 is 2.03 bits per heavy atom. The second-order valence-electron chi connectivity index (χ2n) is 10.7. The third-order valence-corrected chi connectivity index (χ3v) is 7.81. The molecule has 190 valence electrons. The van der Waals surface area contributed by atoms with Gasteiger partial charge in [0.25, 0.3) is 0 Å². The molecule has 0 saturated heterocycles. The van der Waals surface area contributed by atoms with Crippen molar-refractivity contribution in [3.8, 4) is 29.4 Å². The zero-order chi connectivity index (χ0) is 26.9. The van der Waals surface area contributed by atoms with Crippen LogP contribution in [0.3, 0.4) is 0 Å². The Balaban J connectivity index is 1.73. The highest BCUT2D eigenvalue weighted by Gasteiger charge is 2.32. The van der Waals surface area contributed by atoms with E-state index in [9.17, 15) is 9.50 Å².